The van der Waals surface area contributed by atoms with Crippen molar-refractivity contribution in [3.05, 3.63) is 0 Å². The van der Waals surface area contributed by atoms with Crippen molar-refractivity contribution in [3.8, 4) is 0 Å². The Kier molecular flexibility index (Phi) is 1.51. The Morgan fingerprint density at radius 1 is 1.42 bits per heavy atom. The number of carbonyl (C=O) groups excluding carboxylic acids is 1. The summed E-state index contributed by atoms with van der Waals surface area (Å²) in [6.45, 7) is 6.50. The highest BCUT2D eigenvalue weighted by Crippen LogP contribution is 2.56. The van der Waals surface area contributed by atoms with Gasteiger partial charge in [-0.1, -0.05) is 13.8 Å². The lowest BCUT2D eigenvalue weighted by Gasteiger charge is -2.50. The molecule has 0 aromatic heterocycles. The van der Waals surface area contributed by atoms with Crippen molar-refractivity contribution < 1.29 is 4.79 Å². The lowest BCUT2D eigenvalue weighted by molar-refractivity contribution is -0.125. The summed E-state index contributed by atoms with van der Waals surface area (Å²) >= 11 is 0. The Morgan fingerprint density at radius 2 is 2.08 bits per heavy atom. The number of amides is 1. The minimum absolute atomic E-state index is 0.233. The van der Waals surface area contributed by atoms with Crippen molar-refractivity contribution in [2.24, 2.45) is 17.3 Å². The van der Waals surface area contributed by atoms with Gasteiger partial charge in [0.1, 0.15) is 0 Å². The molecular formula is C10H17NO. The van der Waals surface area contributed by atoms with Crippen LogP contribution in [-0.4, -0.2) is 11.9 Å². The second kappa shape index (κ2) is 2.24. The molecule has 1 heterocycles. The second-order valence-corrected chi connectivity index (χ2v) is 4.50. The lowest BCUT2D eigenvalue weighted by atomic mass is 9.53. The highest BCUT2D eigenvalue weighted by atomic mass is 16.2. The molecule has 1 spiro atoms. The fourth-order valence-electron chi connectivity index (χ4n) is 3.14. The summed E-state index contributed by atoms with van der Waals surface area (Å²) < 4.78 is 0. The zero-order valence-electron chi connectivity index (χ0n) is 8.05. The molecule has 0 aromatic rings. The third kappa shape index (κ3) is 0.686. The third-order valence-corrected chi connectivity index (χ3v) is 4.29. The molecular weight excluding hydrogens is 150 g/mol. The summed E-state index contributed by atoms with van der Waals surface area (Å²) in [4.78, 5) is 11.4. The van der Waals surface area contributed by atoms with E-state index >= 15 is 0 Å². The molecule has 2 fully saturated rings. The Labute approximate surface area is 73.7 Å². The fraction of sp³-hybridized carbons (Fsp3) is 0.900. The van der Waals surface area contributed by atoms with Crippen LogP contribution in [0.5, 0.6) is 0 Å². The molecule has 0 bridgehead atoms. The maximum absolute atomic E-state index is 11.4. The van der Waals surface area contributed by atoms with Gasteiger partial charge >= 0.3 is 0 Å². The first-order chi connectivity index (χ1) is 5.59. The first-order valence-electron chi connectivity index (χ1n) is 4.89. The molecule has 4 unspecified atom stereocenters. The Hall–Kier alpha value is -0.530. The molecule has 1 aliphatic carbocycles. The predicted molar refractivity (Wildman–Crippen MR) is 47.6 cm³/mol. The van der Waals surface area contributed by atoms with Crippen molar-refractivity contribution in [3.63, 3.8) is 0 Å². The largest absolute Gasteiger partial charge is 0.353 e. The van der Waals surface area contributed by atoms with Gasteiger partial charge in [-0.2, -0.15) is 0 Å². The average Bonchev–Trinajstić information content (AvgIpc) is 2.23. The van der Waals surface area contributed by atoms with Crippen LogP contribution in [-0.2, 0) is 4.79 Å². The van der Waals surface area contributed by atoms with E-state index in [1.54, 1.807) is 0 Å². The van der Waals surface area contributed by atoms with Gasteiger partial charge in [-0.05, 0) is 25.7 Å². The van der Waals surface area contributed by atoms with Crippen LogP contribution in [0.3, 0.4) is 0 Å². The van der Waals surface area contributed by atoms with Gasteiger partial charge in [-0.3, -0.25) is 4.79 Å². The van der Waals surface area contributed by atoms with Crippen LogP contribution in [0.2, 0.25) is 0 Å². The molecule has 2 rings (SSSR count). The summed E-state index contributed by atoms with van der Waals surface area (Å²) in [5.41, 5.74) is 0.303. The van der Waals surface area contributed by atoms with E-state index in [2.05, 4.69) is 26.1 Å². The zero-order valence-corrected chi connectivity index (χ0v) is 8.05. The van der Waals surface area contributed by atoms with Crippen LogP contribution >= 0.6 is 0 Å². The Morgan fingerprint density at radius 3 is 2.25 bits per heavy atom. The van der Waals surface area contributed by atoms with Crippen LogP contribution in [0.4, 0.5) is 0 Å². The number of nitrogens with one attached hydrogen (secondary N) is 1. The van der Waals surface area contributed by atoms with E-state index in [1.165, 1.54) is 12.8 Å². The van der Waals surface area contributed by atoms with E-state index in [4.69, 9.17) is 0 Å². The van der Waals surface area contributed by atoms with Crippen molar-refractivity contribution in [1.82, 2.24) is 5.32 Å². The molecule has 1 amide bonds. The minimum Gasteiger partial charge on any atom is -0.353 e. The average molecular weight is 167 g/mol. The smallest absolute Gasteiger partial charge is 0.223 e. The van der Waals surface area contributed by atoms with Crippen molar-refractivity contribution >= 4 is 5.91 Å². The topological polar surface area (TPSA) is 29.1 Å². The molecule has 1 aliphatic heterocycles. The quantitative estimate of drug-likeness (QED) is 0.583. The maximum Gasteiger partial charge on any atom is 0.223 e. The summed E-state index contributed by atoms with van der Waals surface area (Å²) in [5.74, 6) is 1.21. The van der Waals surface area contributed by atoms with Gasteiger partial charge in [0.2, 0.25) is 5.91 Å². The predicted octanol–water partition coefficient (Wildman–Crippen LogP) is 1.56. The van der Waals surface area contributed by atoms with Crippen LogP contribution in [0.1, 0.15) is 33.6 Å². The summed E-state index contributed by atoms with van der Waals surface area (Å²) in [6.07, 6.45) is 2.53. The van der Waals surface area contributed by atoms with E-state index < -0.39 is 0 Å². The first-order valence-corrected chi connectivity index (χ1v) is 4.89. The molecule has 68 valence electrons. The number of carbonyl (C=O) groups is 1. The van der Waals surface area contributed by atoms with E-state index in [0.717, 1.165) is 5.92 Å². The monoisotopic (exact) mass is 167 g/mol. The molecule has 1 saturated carbocycles. The van der Waals surface area contributed by atoms with E-state index in [9.17, 15) is 4.79 Å². The van der Waals surface area contributed by atoms with E-state index in [0.29, 0.717) is 11.5 Å². The number of hydrogen-bond acceptors (Lipinski definition) is 1. The standard InChI is InChI=1S/C10H17NO/c1-6-4-5-10(6)7(2)9(12)11-8(10)3/h6-8H,4-5H2,1-3H3,(H,11,12). The second-order valence-electron chi connectivity index (χ2n) is 4.50. The summed E-state index contributed by atoms with van der Waals surface area (Å²) in [6, 6.07) is 0.392. The molecule has 4 atom stereocenters. The van der Waals surface area contributed by atoms with Gasteiger partial charge in [0, 0.05) is 17.4 Å². The molecule has 2 heteroatoms. The molecule has 2 aliphatic rings. The lowest BCUT2D eigenvalue weighted by Crippen LogP contribution is -2.49. The van der Waals surface area contributed by atoms with E-state index in [-0.39, 0.29) is 11.8 Å². The summed E-state index contributed by atoms with van der Waals surface area (Å²) in [7, 11) is 0. The SMILES string of the molecule is CC1CCC12C(C)NC(=O)C2C. The normalized spacial score (nSPS) is 52.2. The molecule has 12 heavy (non-hydrogen) atoms. The van der Waals surface area contributed by atoms with Crippen LogP contribution in [0.15, 0.2) is 0 Å². The van der Waals surface area contributed by atoms with Crippen molar-refractivity contribution in [2.75, 3.05) is 0 Å². The molecule has 0 aromatic carbocycles. The number of rotatable bonds is 0. The van der Waals surface area contributed by atoms with Crippen LogP contribution in [0.25, 0.3) is 0 Å². The molecule has 1 N–H and O–H groups in total. The number of hydrogen-bond donors (Lipinski definition) is 1. The maximum atomic E-state index is 11.4. The Balaban J connectivity index is 2.29. The van der Waals surface area contributed by atoms with Crippen molar-refractivity contribution in [2.45, 2.75) is 39.7 Å². The Bertz CT molecular complexity index is 226. The van der Waals surface area contributed by atoms with Gasteiger partial charge in [0.15, 0.2) is 0 Å². The van der Waals surface area contributed by atoms with Gasteiger partial charge in [0.25, 0.3) is 0 Å². The van der Waals surface area contributed by atoms with Gasteiger partial charge in [-0.15, -0.1) is 0 Å². The van der Waals surface area contributed by atoms with Crippen LogP contribution in [0, 0.1) is 17.3 Å². The fourth-order valence-corrected chi connectivity index (χ4v) is 3.14. The van der Waals surface area contributed by atoms with Crippen LogP contribution < -0.4 is 5.32 Å². The third-order valence-electron chi connectivity index (χ3n) is 4.29. The molecule has 0 radical (unpaired) electrons. The highest BCUT2D eigenvalue weighted by Gasteiger charge is 2.58. The highest BCUT2D eigenvalue weighted by molar-refractivity contribution is 5.82. The minimum atomic E-state index is 0.233. The van der Waals surface area contributed by atoms with Gasteiger partial charge in [0.05, 0.1) is 0 Å². The van der Waals surface area contributed by atoms with E-state index in [1.807, 2.05) is 0 Å². The molecule has 1 saturated heterocycles. The zero-order chi connectivity index (χ0) is 8.93. The van der Waals surface area contributed by atoms with Gasteiger partial charge < -0.3 is 5.32 Å². The summed E-state index contributed by atoms with van der Waals surface area (Å²) in [5, 5.41) is 3.05. The van der Waals surface area contributed by atoms with Gasteiger partial charge in [-0.25, -0.2) is 0 Å². The first kappa shape index (κ1) is 8.09. The van der Waals surface area contributed by atoms with Crippen molar-refractivity contribution in [1.29, 1.82) is 0 Å². The molecule has 2 nitrogen and oxygen atoms in total.